The van der Waals surface area contributed by atoms with Gasteiger partial charge in [-0.25, -0.2) is 9.59 Å². The second-order valence-corrected chi connectivity index (χ2v) is 16.2. The van der Waals surface area contributed by atoms with Crippen molar-refractivity contribution < 1.29 is 19.1 Å². The minimum absolute atomic E-state index is 0.453. The van der Waals surface area contributed by atoms with Gasteiger partial charge in [0.05, 0.1) is 39.1 Å². The zero-order valence-electron chi connectivity index (χ0n) is 36.3. The van der Waals surface area contributed by atoms with Crippen molar-refractivity contribution in [2.75, 3.05) is 4.90 Å². The molecule has 0 saturated carbocycles. The van der Waals surface area contributed by atoms with Crippen LogP contribution in [0.1, 0.15) is 0 Å². The third-order valence-electron chi connectivity index (χ3n) is 12.2. The first kappa shape index (κ1) is 40.6. The number of carbonyl (C=O) groups excluding carboxylic acids is 2. The molecule has 320 valence electrons. The van der Waals surface area contributed by atoms with E-state index >= 15 is 0 Å². The SMILES string of the molecule is C=CC(=O)Oc1ccc(-c2ccc(N(c3ccc(-c4ccc(OC(=O)C=C)cc4)cc3)c3cc(-n4c5ccccc5c5ccccc54)cc(-n4c5ccccc5c5ccccc54)c3)cc2)cc1. The van der Waals surface area contributed by atoms with E-state index in [-0.39, 0.29) is 0 Å². The Hall–Kier alpha value is -9.20. The van der Waals surface area contributed by atoms with E-state index in [2.05, 4.69) is 191 Å². The number of hydrogen-bond donors (Lipinski definition) is 0. The Labute approximate surface area is 386 Å². The lowest BCUT2D eigenvalue weighted by Crippen LogP contribution is -2.12. The van der Waals surface area contributed by atoms with E-state index in [4.69, 9.17) is 9.47 Å². The maximum absolute atomic E-state index is 11.9. The lowest BCUT2D eigenvalue weighted by molar-refractivity contribution is -0.129. The Morgan fingerprint density at radius 2 is 0.672 bits per heavy atom. The maximum atomic E-state index is 11.9. The van der Waals surface area contributed by atoms with Gasteiger partial charge in [0.15, 0.2) is 0 Å². The van der Waals surface area contributed by atoms with Crippen molar-refractivity contribution in [1.82, 2.24) is 9.13 Å². The summed E-state index contributed by atoms with van der Waals surface area (Å²) < 4.78 is 15.4. The van der Waals surface area contributed by atoms with Gasteiger partial charge < -0.3 is 23.5 Å². The van der Waals surface area contributed by atoms with Crippen molar-refractivity contribution in [3.8, 4) is 45.1 Å². The largest absolute Gasteiger partial charge is 0.423 e. The summed E-state index contributed by atoms with van der Waals surface area (Å²) in [5.41, 5.74) is 13.3. The quantitative estimate of drug-likeness (QED) is 0.0736. The fourth-order valence-corrected chi connectivity index (χ4v) is 9.17. The van der Waals surface area contributed by atoms with Gasteiger partial charge in [0, 0.05) is 45.1 Å². The number of rotatable bonds is 11. The molecule has 0 aliphatic heterocycles. The summed E-state index contributed by atoms with van der Waals surface area (Å²) in [5, 5.41) is 4.74. The molecular formula is C60H41N3O4. The Morgan fingerprint density at radius 1 is 0.373 bits per heavy atom. The molecule has 0 aliphatic carbocycles. The molecule has 11 rings (SSSR count). The predicted octanol–water partition coefficient (Wildman–Crippen LogP) is 14.9. The minimum Gasteiger partial charge on any atom is -0.423 e. The Kier molecular flexibility index (Phi) is 10.3. The number of ether oxygens (including phenoxy) is 2. The van der Waals surface area contributed by atoms with Crippen LogP contribution < -0.4 is 14.4 Å². The highest BCUT2D eigenvalue weighted by Crippen LogP contribution is 2.42. The number of benzene rings is 9. The fraction of sp³-hybridized carbons (Fsp3) is 0. The van der Waals surface area contributed by atoms with E-state index < -0.39 is 11.9 Å². The molecule has 0 aliphatic rings. The van der Waals surface area contributed by atoms with Gasteiger partial charge in [-0.1, -0.05) is 134 Å². The van der Waals surface area contributed by atoms with Crippen LogP contribution in [0.15, 0.2) is 238 Å². The molecule has 2 aromatic heterocycles. The van der Waals surface area contributed by atoms with Crippen molar-refractivity contribution in [2.45, 2.75) is 0 Å². The summed E-state index contributed by atoms with van der Waals surface area (Å²) in [6.45, 7) is 7.01. The minimum atomic E-state index is -0.502. The Balaban J connectivity index is 1.11. The number of para-hydroxylation sites is 4. The molecule has 0 unspecified atom stereocenters. The van der Waals surface area contributed by atoms with Crippen molar-refractivity contribution in [3.05, 3.63) is 238 Å². The molecule has 0 fully saturated rings. The lowest BCUT2D eigenvalue weighted by atomic mass is 10.0. The molecule has 7 heteroatoms. The van der Waals surface area contributed by atoms with E-state index in [1.165, 1.54) is 21.5 Å². The van der Waals surface area contributed by atoms with Crippen molar-refractivity contribution in [2.24, 2.45) is 0 Å². The molecule has 0 saturated heterocycles. The molecule has 0 bridgehead atoms. The molecule has 2 heterocycles. The van der Waals surface area contributed by atoms with Crippen LogP contribution in [0.4, 0.5) is 17.1 Å². The average molecular weight is 868 g/mol. The van der Waals surface area contributed by atoms with Gasteiger partial charge in [-0.05, 0) is 113 Å². The Morgan fingerprint density at radius 3 is 0.985 bits per heavy atom. The van der Waals surface area contributed by atoms with Crippen molar-refractivity contribution in [1.29, 1.82) is 0 Å². The van der Waals surface area contributed by atoms with Crippen LogP contribution in [-0.4, -0.2) is 21.1 Å². The second kappa shape index (κ2) is 17.1. The van der Waals surface area contributed by atoms with Crippen molar-refractivity contribution >= 4 is 72.6 Å². The summed E-state index contributed by atoms with van der Waals surface area (Å²) in [7, 11) is 0. The van der Waals surface area contributed by atoms with Crippen LogP contribution >= 0.6 is 0 Å². The molecule has 0 radical (unpaired) electrons. The standard InChI is InChI=1S/C60H41N3O4/c1-3-59(64)66-49-33-25-42(26-34-49)40-21-29-44(30-22-40)61(45-31-23-41(24-32-45)43-27-35-50(36-28-43)67-60(65)4-2)46-37-47(62-55-17-9-5-13-51(55)52-14-6-10-18-56(52)62)39-48(38-46)63-57-19-11-7-15-53(57)54-16-8-12-20-58(54)63/h3-39H,1-2H2. The summed E-state index contributed by atoms with van der Waals surface area (Å²) in [4.78, 5) is 26.0. The number of esters is 2. The third kappa shape index (κ3) is 7.50. The summed E-state index contributed by atoms with van der Waals surface area (Å²) >= 11 is 0. The normalized spacial score (nSPS) is 11.2. The van der Waals surface area contributed by atoms with Gasteiger partial charge in [0.1, 0.15) is 11.5 Å². The number of aromatic nitrogens is 2. The number of fused-ring (bicyclic) bond motifs is 6. The molecule has 9 aromatic carbocycles. The first-order chi connectivity index (χ1) is 32.9. The number of carbonyl (C=O) groups is 2. The van der Waals surface area contributed by atoms with Crippen LogP contribution in [-0.2, 0) is 9.59 Å². The second-order valence-electron chi connectivity index (χ2n) is 16.2. The van der Waals surface area contributed by atoms with E-state index in [1.807, 2.05) is 24.3 Å². The van der Waals surface area contributed by atoms with Gasteiger partial charge in [0.25, 0.3) is 0 Å². The lowest BCUT2D eigenvalue weighted by Gasteiger charge is -2.28. The summed E-state index contributed by atoms with van der Waals surface area (Å²) in [6, 6.07) is 73.3. The highest BCUT2D eigenvalue weighted by atomic mass is 16.5. The fourth-order valence-electron chi connectivity index (χ4n) is 9.17. The predicted molar refractivity (Wildman–Crippen MR) is 272 cm³/mol. The van der Waals surface area contributed by atoms with E-state index in [9.17, 15) is 9.59 Å². The van der Waals surface area contributed by atoms with E-state index in [0.29, 0.717) is 11.5 Å². The van der Waals surface area contributed by atoms with Gasteiger partial charge in [-0.3, -0.25) is 0 Å². The average Bonchev–Trinajstić information content (AvgIpc) is 3.90. The molecule has 0 atom stereocenters. The van der Waals surface area contributed by atoms with Crippen LogP contribution in [0.25, 0.3) is 77.2 Å². The number of anilines is 3. The maximum Gasteiger partial charge on any atom is 0.335 e. The van der Waals surface area contributed by atoms with E-state index in [1.54, 1.807) is 24.3 Å². The Bertz CT molecular complexity index is 3350. The topological polar surface area (TPSA) is 65.7 Å². The highest BCUT2D eigenvalue weighted by molar-refractivity contribution is 6.11. The number of nitrogens with zero attached hydrogens (tertiary/aromatic N) is 3. The van der Waals surface area contributed by atoms with Crippen LogP contribution in [0.5, 0.6) is 11.5 Å². The molecule has 7 nitrogen and oxygen atoms in total. The van der Waals surface area contributed by atoms with Crippen LogP contribution in [0.2, 0.25) is 0 Å². The molecule has 67 heavy (non-hydrogen) atoms. The van der Waals surface area contributed by atoms with Crippen LogP contribution in [0, 0.1) is 0 Å². The summed E-state index contributed by atoms with van der Waals surface area (Å²) in [5.74, 6) is -0.0975. The smallest absolute Gasteiger partial charge is 0.335 e. The van der Waals surface area contributed by atoms with Crippen LogP contribution in [0.3, 0.4) is 0 Å². The molecule has 0 amide bonds. The monoisotopic (exact) mass is 867 g/mol. The zero-order chi connectivity index (χ0) is 45.4. The van der Waals surface area contributed by atoms with Gasteiger partial charge in [-0.15, -0.1) is 0 Å². The molecule has 11 aromatic rings. The first-order valence-electron chi connectivity index (χ1n) is 22.0. The zero-order valence-corrected chi connectivity index (χ0v) is 36.3. The van der Waals surface area contributed by atoms with Crippen molar-refractivity contribution in [3.63, 3.8) is 0 Å². The van der Waals surface area contributed by atoms with Gasteiger partial charge in [-0.2, -0.15) is 0 Å². The molecule has 0 spiro atoms. The molecular weight excluding hydrogens is 827 g/mol. The highest BCUT2D eigenvalue weighted by Gasteiger charge is 2.21. The van der Waals surface area contributed by atoms with Gasteiger partial charge >= 0.3 is 11.9 Å². The summed E-state index contributed by atoms with van der Waals surface area (Å²) in [6.07, 6.45) is 2.30. The molecule has 0 N–H and O–H groups in total. The van der Waals surface area contributed by atoms with E-state index in [0.717, 1.165) is 84.9 Å². The van der Waals surface area contributed by atoms with Gasteiger partial charge in [0.2, 0.25) is 0 Å². The number of hydrogen-bond acceptors (Lipinski definition) is 5. The third-order valence-corrected chi connectivity index (χ3v) is 12.2. The first-order valence-corrected chi connectivity index (χ1v) is 22.0.